The first-order chi connectivity index (χ1) is 17.9. The minimum Gasteiger partial charge on any atom is -0.497 e. The van der Waals surface area contributed by atoms with Crippen LogP contribution in [0.1, 0.15) is 10.4 Å². The summed E-state index contributed by atoms with van der Waals surface area (Å²) in [6.07, 6.45) is 1.73. The number of hydrogen-bond donors (Lipinski definition) is 1. The van der Waals surface area contributed by atoms with Crippen LogP contribution >= 0.6 is 34.7 Å². The number of nitrogens with zero attached hydrogens (tertiary/aromatic N) is 3. The van der Waals surface area contributed by atoms with Gasteiger partial charge >= 0.3 is 5.97 Å². The van der Waals surface area contributed by atoms with E-state index in [1.165, 1.54) is 30.2 Å². The zero-order valence-electron chi connectivity index (χ0n) is 20.1. The van der Waals surface area contributed by atoms with Crippen LogP contribution in [0, 0.1) is 0 Å². The Morgan fingerprint density at radius 1 is 1.16 bits per heavy atom. The van der Waals surface area contributed by atoms with E-state index in [4.69, 9.17) is 21.1 Å². The molecule has 0 aliphatic heterocycles. The Morgan fingerprint density at radius 3 is 2.62 bits per heavy atom. The highest BCUT2D eigenvalue weighted by Gasteiger charge is 2.23. The van der Waals surface area contributed by atoms with Crippen LogP contribution in [-0.4, -0.2) is 46.6 Å². The average molecular weight is 555 g/mol. The van der Waals surface area contributed by atoms with Gasteiger partial charge in [0.25, 0.3) is 0 Å². The van der Waals surface area contributed by atoms with Gasteiger partial charge in [-0.3, -0.25) is 9.36 Å². The van der Waals surface area contributed by atoms with Crippen molar-refractivity contribution in [3.05, 3.63) is 77.2 Å². The van der Waals surface area contributed by atoms with Crippen LogP contribution in [-0.2, 0) is 16.1 Å². The van der Waals surface area contributed by atoms with Gasteiger partial charge in [-0.15, -0.1) is 28.1 Å². The summed E-state index contributed by atoms with van der Waals surface area (Å²) in [5.74, 6) is 0.552. The lowest BCUT2D eigenvalue weighted by molar-refractivity contribution is -0.113. The molecule has 4 aromatic rings. The lowest BCUT2D eigenvalue weighted by Gasteiger charge is -2.09. The van der Waals surface area contributed by atoms with E-state index in [1.54, 1.807) is 37.5 Å². The number of ether oxygens (including phenoxy) is 2. The van der Waals surface area contributed by atoms with Crippen molar-refractivity contribution in [2.24, 2.45) is 0 Å². The summed E-state index contributed by atoms with van der Waals surface area (Å²) in [6, 6.07) is 14.6. The van der Waals surface area contributed by atoms with Gasteiger partial charge in [0.1, 0.15) is 16.3 Å². The normalized spacial score (nSPS) is 10.7. The molecule has 0 fully saturated rings. The number of halogens is 1. The van der Waals surface area contributed by atoms with E-state index in [0.717, 1.165) is 11.1 Å². The number of benzene rings is 2. The molecule has 190 valence electrons. The van der Waals surface area contributed by atoms with Gasteiger partial charge < -0.3 is 14.8 Å². The van der Waals surface area contributed by atoms with Gasteiger partial charge in [0.2, 0.25) is 5.91 Å². The second-order valence-electron chi connectivity index (χ2n) is 7.63. The van der Waals surface area contributed by atoms with Crippen LogP contribution in [0.15, 0.2) is 71.7 Å². The summed E-state index contributed by atoms with van der Waals surface area (Å²) in [5.41, 5.74) is 2.58. The van der Waals surface area contributed by atoms with Crippen LogP contribution in [0.5, 0.6) is 5.75 Å². The van der Waals surface area contributed by atoms with Crippen molar-refractivity contribution in [2.45, 2.75) is 11.7 Å². The molecule has 0 spiro atoms. The SMILES string of the molecule is C=CCn1c(SCC(=O)Nc2scc(-c3ccc(OC)cc3)c2C(=O)OC)nnc1-c1cccc(Cl)c1. The lowest BCUT2D eigenvalue weighted by atomic mass is 10.0. The molecule has 0 aliphatic rings. The van der Waals surface area contributed by atoms with Crippen LogP contribution in [0.4, 0.5) is 5.00 Å². The molecule has 37 heavy (non-hydrogen) atoms. The summed E-state index contributed by atoms with van der Waals surface area (Å²) < 4.78 is 12.1. The highest BCUT2D eigenvalue weighted by atomic mass is 35.5. The predicted molar refractivity (Wildman–Crippen MR) is 148 cm³/mol. The Hall–Kier alpha value is -3.60. The highest BCUT2D eigenvalue weighted by Crippen LogP contribution is 2.37. The molecule has 8 nitrogen and oxygen atoms in total. The number of esters is 1. The smallest absolute Gasteiger partial charge is 0.341 e. The van der Waals surface area contributed by atoms with Gasteiger partial charge in [-0.2, -0.15) is 0 Å². The largest absolute Gasteiger partial charge is 0.497 e. The lowest BCUT2D eigenvalue weighted by Crippen LogP contribution is -2.16. The number of thiophene rings is 1. The molecular weight excluding hydrogens is 532 g/mol. The summed E-state index contributed by atoms with van der Waals surface area (Å²) in [7, 11) is 2.90. The fraction of sp³-hybridized carbons (Fsp3) is 0.154. The van der Waals surface area contributed by atoms with Crippen LogP contribution in [0.25, 0.3) is 22.5 Å². The number of thioether (sulfide) groups is 1. The van der Waals surface area contributed by atoms with Gasteiger partial charge in [-0.1, -0.05) is 53.7 Å². The summed E-state index contributed by atoms with van der Waals surface area (Å²) in [6.45, 7) is 4.27. The zero-order valence-corrected chi connectivity index (χ0v) is 22.5. The second kappa shape index (κ2) is 12.1. The van der Waals surface area contributed by atoms with Crippen molar-refractivity contribution in [3.8, 4) is 28.3 Å². The van der Waals surface area contributed by atoms with E-state index in [2.05, 4.69) is 22.1 Å². The number of carbonyl (C=O) groups excluding carboxylic acids is 2. The molecule has 0 atom stereocenters. The molecule has 0 saturated heterocycles. The maximum Gasteiger partial charge on any atom is 0.341 e. The minimum atomic E-state index is -0.535. The van der Waals surface area contributed by atoms with Gasteiger partial charge in [-0.25, -0.2) is 4.79 Å². The highest BCUT2D eigenvalue weighted by molar-refractivity contribution is 7.99. The Kier molecular flexibility index (Phi) is 8.65. The number of allylic oxidation sites excluding steroid dienone is 1. The van der Waals surface area contributed by atoms with Crippen molar-refractivity contribution in [1.29, 1.82) is 0 Å². The van der Waals surface area contributed by atoms with Crippen molar-refractivity contribution in [3.63, 3.8) is 0 Å². The first-order valence-electron chi connectivity index (χ1n) is 11.0. The van der Waals surface area contributed by atoms with Gasteiger partial charge in [0.05, 0.1) is 20.0 Å². The molecule has 2 heterocycles. The predicted octanol–water partition coefficient (Wildman–Crippen LogP) is 6.04. The third-order valence-corrected chi connectivity index (χ3v) is 7.38. The van der Waals surface area contributed by atoms with E-state index in [0.29, 0.717) is 44.4 Å². The number of amides is 1. The standard InChI is InChI=1S/C26H23ClN4O4S2/c1-4-12-31-23(17-6-5-7-18(27)13-17)29-30-26(31)37-15-21(32)28-24-22(25(33)35-3)20(14-36-24)16-8-10-19(34-2)11-9-16/h4-11,13-14H,1,12,15H2,2-3H3,(H,28,32). The Bertz CT molecular complexity index is 1430. The molecule has 1 amide bonds. The summed E-state index contributed by atoms with van der Waals surface area (Å²) in [4.78, 5) is 25.5. The van der Waals surface area contributed by atoms with Crippen LogP contribution < -0.4 is 10.1 Å². The van der Waals surface area contributed by atoms with Crippen molar-refractivity contribution in [1.82, 2.24) is 14.8 Å². The average Bonchev–Trinajstić information content (AvgIpc) is 3.51. The molecule has 1 N–H and O–H groups in total. The molecular formula is C26H23ClN4O4S2. The topological polar surface area (TPSA) is 95.3 Å². The van der Waals surface area contributed by atoms with Crippen molar-refractivity contribution in [2.75, 3.05) is 25.3 Å². The van der Waals surface area contributed by atoms with E-state index < -0.39 is 5.97 Å². The number of aromatic nitrogens is 3. The van der Waals surface area contributed by atoms with E-state index >= 15 is 0 Å². The molecule has 0 aliphatic carbocycles. The number of anilines is 1. The fourth-order valence-electron chi connectivity index (χ4n) is 3.56. The monoisotopic (exact) mass is 554 g/mol. The summed E-state index contributed by atoms with van der Waals surface area (Å²) >= 11 is 8.63. The van der Waals surface area contributed by atoms with E-state index in [1.807, 2.05) is 34.2 Å². The van der Waals surface area contributed by atoms with Gasteiger partial charge in [0, 0.05) is 28.1 Å². The number of rotatable bonds is 10. The number of hydrogen-bond acceptors (Lipinski definition) is 8. The second-order valence-corrected chi connectivity index (χ2v) is 9.88. The first-order valence-corrected chi connectivity index (χ1v) is 13.3. The molecule has 2 aromatic heterocycles. The number of methoxy groups -OCH3 is 2. The van der Waals surface area contributed by atoms with E-state index in [-0.39, 0.29) is 11.7 Å². The molecule has 0 unspecified atom stereocenters. The maximum atomic E-state index is 12.9. The third kappa shape index (κ3) is 6.04. The molecule has 4 rings (SSSR count). The van der Waals surface area contributed by atoms with E-state index in [9.17, 15) is 9.59 Å². The fourth-order valence-corrected chi connectivity index (χ4v) is 5.47. The molecule has 0 bridgehead atoms. The van der Waals surface area contributed by atoms with Crippen LogP contribution in [0.2, 0.25) is 5.02 Å². The molecule has 11 heteroatoms. The zero-order chi connectivity index (χ0) is 26.4. The quantitative estimate of drug-likeness (QED) is 0.145. The Labute approximate surface area is 227 Å². The number of carbonyl (C=O) groups is 2. The van der Waals surface area contributed by atoms with Gasteiger partial charge in [0.15, 0.2) is 11.0 Å². The Morgan fingerprint density at radius 2 is 1.95 bits per heavy atom. The minimum absolute atomic E-state index is 0.0567. The Balaban J connectivity index is 1.52. The van der Waals surface area contributed by atoms with Gasteiger partial charge in [-0.05, 0) is 29.8 Å². The molecule has 0 radical (unpaired) electrons. The summed E-state index contributed by atoms with van der Waals surface area (Å²) in [5, 5.41) is 14.8. The first kappa shape index (κ1) is 26.5. The van der Waals surface area contributed by atoms with Crippen molar-refractivity contribution < 1.29 is 19.1 Å². The molecule has 2 aromatic carbocycles. The maximum absolute atomic E-state index is 12.9. The number of nitrogens with one attached hydrogen (secondary N) is 1. The van der Waals surface area contributed by atoms with Crippen LogP contribution in [0.3, 0.4) is 0 Å². The third-order valence-electron chi connectivity index (χ3n) is 5.28. The van der Waals surface area contributed by atoms with Crippen molar-refractivity contribution >= 4 is 51.6 Å². The molecule has 0 saturated carbocycles.